The number of aryl methyl sites for hydroxylation is 1. The topological polar surface area (TPSA) is 83.7 Å². The van der Waals surface area contributed by atoms with E-state index in [4.69, 9.17) is 23.7 Å². The van der Waals surface area contributed by atoms with E-state index in [0.717, 1.165) is 26.7 Å². The normalized spacial score (nSPS) is 10.7. The molecule has 0 saturated carbocycles. The van der Waals surface area contributed by atoms with Crippen LogP contribution >= 0.6 is 11.3 Å². The first-order valence-electron chi connectivity index (χ1n) is 10.00. The van der Waals surface area contributed by atoms with Crippen molar-refractivity contribution in [3.8, 4) is 22.2 Å². The zero-order valence-corrected chi connectivity index (χ0v) is 18.6. The van der Waals surface area contributed by atoms with Crippen molar-refractivity contribution in [3.63, 3.8) is 0 Å². The van der Waals surface area contributed by atoms with Gasteiger partial charge < -0.3 is 18.7 Å². The van der Waals surface area contributed by atoms with Gasteiger partial charge in [0.15, 0.2) is 5.76 Å². The van der Waals surface area contributed by atoms with E-state index in [1.807, 2.05) is 55.5 Å². The minimum absolute atomic E-state index is 0.134. The van der Waals surface area contributed by atoms with Gasteiger partial charge in [0, 0.05) is 22.1 Å². The molecule has 0 saturated heterocycles. The molecule has 32 heavy (non-hydrogen) atoms. The average Bonchev–Trinajstić information content (AvgIpc) is 3.43. The van der Waals surface area contributed by atoms with Gasteiger partial charge in [0.05, 0.1) is 19.2 Å². The van der Waals surface area contributed by atoms with E-state index in [1.165, 1.54) is 7.11 Å². The van der Waals surface area contributed by atoms with Crippen molar-refractivity contribution in [2.45, 2.75) is 26.6 Å². The molecule has 164 valence electrons. The summed E-state index contributed by atoms with van der Waals surface area (Å²) >= 11 is 1.63. The van der Waals surface area contributed by atoms with Gasteiger partial charge in [-0.1, -0.05) is 48.5 Å². The lowest BCUT2D eigenvalue weighted by Gasteiger charge is -2.09. The number of para-hydroxylation sites is 1. The number of carbonyl (C=O) groups excluding carboxylic acids is 1. The van der Waals surface area contributed by atoms with E-state index in [-0.39, 0.29) is 19.0 Å². The molecule has 0 bridgehead atoms. The van der Waals surface area contributed by atoms with E-state index in [1.54, 1.807) is 23.5 Å². The highest BCUT2D eigenvalue weighted by molar-refractivity contribution is 7.15. The zero-order valence-electron chi connectivity index (χ0n) is 17.7. The lowest BCUT2D eigenvalue weighted by atomic mass is 10.1. The number of aromatic nitrogens is 2. The molecule has 0 aliphatic carbocycles. The van der Waals surface area contributed by atoms with Crippen LogP contribution < -0.4 is 9.47 Å². The van der Waals surface area contributed by atoms with E-state index < -0.39 is 0 Å². The Morgan fingerprint density at radius 3 is 2.62 bits per heavy atom. The maximum absolute atomic E-state index is 11.6. The summed E-state index contributed by atoms with van der Waals surface area (Å²) in [4.78, 5) is 17.4. The van der Waals surface area contributed by atoms with Gasteiger partial charge in [0.25, 0.3) is 5.88 Å². The van der Waals surface area contributed by atoms with Crippen LogP contribution in [0.15, 0.2) is 65.2 Å². The van der Waals surface area contributed by atoms with Crippen LogP contribution in [0.4, 0.5) is 0 Å². The van der Waals surface area contributed by atoms with Crippen LogP contribution in [-0.4, -0.2) is 23.2 Å². The molecule has 8 heteroatoms. The molecule has 4 rings (SSSR count). The molecule has 0 aliphatic heterocycles. The first-order chi connectivity index (χ1) is 15.6. The Morgan fingerprint density at radius 2 is 1.81 bits per heavy atom. The maximum Gasteiger partial charge on any atom is 0.310 e. The molecule has 2 aromatic heterocycles. The lowest BCUT2D eigenvalue weighted by Crippen LogP contribution is -2.06. The summed E-state index contributed by atoms with van der Waals surface area (Å²) in [7, 11) is 1.36. The summed E-state index contributed by atoms with van der Waals surface area (Å²) in [6.07, 6.45) is 0.134. The molecule has 2 heterocycles. The Kier molecular flexibility index (Phi) is 6.81. The first-order valence-corrected chi connectivity index (χ1v) is 10.8. The fourth-order valence-electron chi connectivity index (χ4n) is 3.01. The summed E-state index contributed by atoms with van der Waals surface area (Å²) in [6.45, 7) is 2.48. The van der Waals surface area contributed by atoms with Crippen molar-refractivity contribution in [1.29, 1.82) is 0 Å². The van der Waals surface area contributed by atoms with Crippen LogP contribution in [0.2, 0.25) is 0 Å². The van der Waals surface area contributed by atoms with Crippen LogP contribution in [0.1, 0.15) is 21.9 Å². The van der Waals surface area contributed by atoms with Gasteiger partial charge in [-0.05, 0) is 18.1 Å². The van der Waals surface area contributed by atoms with E-state index >= 15 is 0 Å². The number of esters is 1. The maximum atomic E-state index is 11.6. The van der Waals surface area contributed by atoms with Gasteiger partial charge in [-0.2, -0.15) is 0 Å². The summed E-state index contributed by atoms with van der Waals surface area (Å²) in [5.41, 5.74) is 2.69. The van der Waals surface area contributed by atoms with Crippen molar-refractivity contribution < 1.29 is 23.5 Å². The number of nitrogens with zero attached hydrogens (tertiary/aromatic N) is 2. The molecule has 0 amide bonds. The number of ether oxygens (including phenoxy) is 3. The Balaban J connectivity index is 1.35. The predicted molar refractivity (Wildman–Crippen MR) is 120 cm³/mol. The fourth-order valence-corrected chi connectivity index (χ4v) is 3.93. The van der Waals surface area contributed by atoms with E-state index in [2.05, 4.69) is 5.16 Å². The third-order valence-electron chi connectivity index (χ3n) is 4.71. The molecule has 0 radical (unpaired) electrons. The fraction of sp³-hybridized carbons (Fsp3) is 0.208. The van der Waals surface area contributed by atoms with Crippen LogP contribution in [0.25, 0.3) is 10.6 Å². The zero-order chi connectivity index (χ0) is 22.3. The summed E-state index contributed by atoms with van der Waals surface area (Å²) < 4.78 is 21.6. The highest BCUT2D eigenvalue weighted by atomic mass is 32.1. The van der Waals surface area contributed by atoms with Crippen molar-refractivity contribution >= 4 is 17.3 Å². The molecule has 7 nitrogen and oxygen atoms in total. The smallest absolute Gasteiger partial charge is 0.310 e. The van der Waals surface area contributed by atoms with E-state index in [9.17, 15) is 4.79 Å². The van der Waals surface area contributed by atoms with Crippen molar-refractivity contribution in [2.24, 2.45) is 0 Å². The molecule has 0 fully saturated rings. The minimum atomic E-state index is -0.329. The monoisotopic (exact) mass is 450 g/mol. The van der Waals surface area contributed by atoms with E-state index in [0.29, 0.717) is 24.0 Å². The number of thiazole rings is 1. The molecule has 0 unspecified atom stereocenters. The SMILES string of the molecule is COC(=O)Cc1ccccc1OCc1cc(OCc2nc(-c3ccccc3)sc2C)no1. The largest absolute Gasteiger partial charge is 0.485 e. The molecular weight excluding hydrogens is 428 g/mol. The third kappa shape index (κ3) is 5.33. The second-order valence-electron chi connectivity index (χ2n) is 6.96. The standard InChI is InChI=1S/C24H22N2O5S/c1-16-20(25-24(32-16)17-8-4-3-5-9-17)15-30-22-13-19(31-26-22)14-29-21-11-7-6-10-18(21)12-23(27)28-2/h3-11,13H,12,14-15H2,1-2H3. The predicted octanol–water partition coefficient (Wildman–Crippen LogP) is 4.98. The van der Waals surface area contributed by atoms with Gasteiger partial charge in [0.1, 0.15) is 24.0 Å². The number of methoxy groups -OCH3 is 1. The average molecular weight is 451 g/mol. The van der Waals surface area contributed by atoms with Gasteiger partial charge >= 0.3 is 5.97 Å². The van der Waals surface area contributed by atoms with Crippen LogP contribution in [0.5, 0.6) is 11.6 Å². The van der Waals surface area contributed by atoms with Crippen LogP contribution in [0, 0.1) is 6.92 Å². The highest BCUT2D eigenvalue weighted by Gasteiger charge is 2.13. The van der Waals surface area contributed by atoms with Gasteiger partial charge in [-0.3, -0.25) is 4.79 Å². The minimum Gasteiger partial charge on any atom is -0.485 e. The number of benzene rings is 2. The molecule has 0 atom stereocenters. The number of hydrogen-bond donors (Lipinski definition) is 0. The quantitative estimate of drug-likeness (QED) is 0.333. The van der Waals surface area contributed by atoms with Gasteiger partial charge in [-0.25, -0.2) is 4.98 Å². The molecular formula is C24H22N2O5S. The van der Waals surface area contributed by atoms with Crippen molar-refractivity contribution in [3.05, 3.63) is 82.6 Å². The van der Waals surface area contributed by atoms with Crippen LogP contribution in [0.3, 0.4) is 0 Å². The van der Waals surface area contributed by atoms with Crippen LogP contribution in [-0.2, 0) is 29.2 Å². The van der Waals surface area contributed by atoms with Crippen molar-refractivity contribution in [2.75, 3.05) is 7.11 Å². The second kappa shape index (κ2) is 10.1. The third-order valence-corrected chi connectivity index (χ3v) is 5.77. The number of hydrogen-bond acceptors (Lipinski definition) is 8. The van der Waals surface area contributed by atoms with Gasteiger partial charge in [0.2, 0.25) is 0 Å². The molecule has 4 aromatic rings. The van der Waals surface area contributed by atoms with Gasteiger partial charge in [-0.15, -0.1) is 11.3 Å². The Hall–Kier alpha value is -3.65. The second-order valence-corrected chi connectivity index (χ2v) is 8.16. The van der Waals surface area contributed by atoms with Crippen molar-refractivity contribution in [1.82, 2.24) is 10.1 Å². The molecule has 0 aliphatic rings. The number of rotatable bonds is 9. The Labute approximate surface area is 189 Å². The summed E-state index contributed by atoms with van der Waals surface area (Å²) in [6, 6.07) is 19.0. The molecule has 0 N–H and O–H groups in total. The lowest BCUT2D eigenvalue weighted by molar-refractivity contribution is -0.139. The molecule has 2 aromatic carbocycles. The molecule has 0 spiro atoms. The Bertz CT molecular complexity index is 1190. The first kappa shape index (κ1) is 21.6. The summed E-state index contributed by atoms with van der Waals surface area (Å²) in [5, 5.41) is 4.91. The Morgan fingerprint density at radius 1 is 1.03 bits per heavy atom. The highest BCUT2D eigenvalue weighted by Crippen LogP contribution is 2.28. The number of carbonyl (C=O) groups is 1. The summed E-state index contributed by atoms with van der Waals surface area (Å²) in [5.74, 6) is 1.13.